The molecule has 5 N–H and O–H groups in total. The highest BCUT2D eigenvalue weighted by atomic mass is 19.1. The molecule has 0 aromatic heterocycles. The smallest absolute Gasteiger partial charge is 0.250 e. The Balaban J connectivity index is 2.87. The Kier molecular flexibility index (Phi) is 5.52. The maximum absolute atomic E-state index is 13.9. The highest BCUT2D eigenvalue weighted by Gasteiger charge is 2.16. The lowest BCUT2D eigenvalue weighted by Gasteiger charge is -2.21. The lowest BCUT2D eigenvalue weighted by molar-refractivity contribution is -0.119. The molecule has 0 aliphatic carbocycles. The fourth-order valence-electron chi connectivity index (χ4n) is 1.76. The Bertz CT molecular complexity index is 546. The van der Waals surface area contributed by atoms with Crippen LogP contribution < -0.4 is 21.7 Å². The molecule has 116 valence electrons. The van der Waals surface area contributed by atoms with Gasteiger partial charge in [-0.2, -0.15) is 0 Å². The first-order valence-electron chi connectivity index (χ1n) is 6.59. The number of rotatable bonds is 6. The summed E-state index contributed by atoms with van der Waals surface area (Å²) < 4.78 is 13.9. The van der Waals surface area contributed by atoms with Gasteiger partial charge in [0.05, 0.1) is 17.8 Å². The maximum atomic E-state index is 13.9. The summed E-state index contributed by atoms with van der Waals surface area (Å²) in [6.45, 7) is 4.46. The summed E-state index contributed by atoms with van der Waals surface area (Å²) in [5.74, 6) is -1.26. The van der Waals surface area contributed by atoms with Crippen LogP contribution in [0.3, 0.4) is 0 Å². The molecule has 0 fully saturated rings. The molecule has 21 heavy (non-hydrogen) atoms. The van der Waals surface area contributed by atoms with Crippen molar-refractivity contribution in [2.45, 2.75) is 13.8 Å². The molecule has 2 amide bonds. The number of hydrogen-bond acceptors (Lipinski definition) is 4. The topological polar surface area (TPSA) is 101 Å². The Morgan fingerprint density at radius 2 is 2.00 bits per heavy atom. The van der Waals surface area contributed by atoms with Gasteiger partial charge in [0.2, 0.25) is 5.91 Å². The summed E-state index contributed by atoms with van der Waals surface area (Å²) in [5, 5.41) is 2.73. The molecule has 0 heterocycles. The van der Waals surface area contributed by atoms with Gasteiger partial charge in [0, 0.05) is 19.3 Å². The van der Waals surface area contributed by atoms with Crippen molar-refractivity contribution in [1.82, 2.24) is 5.32 Å². The zero-order valence-corrected chi connectivity index (χ0v) is 12.4. The molecule has 1 aromatic rings. The molecular weight excluding hydrogens is 275 g/mol. The first-order chi connectivity index (χ1) is 9.72. The van der Waals surface area contributed by atoms with Crippen molar-refractivity contribution in [2.24, 2.45) is 11.7 Å². The number of benzene rings is 1. The lowest BCUT2D eigenvalue weighted by Crippen LogP contribution is -2.37. The van der Waals surface area contributed by atoms with E-state index in [1.807, 2.05) is 13.8 Å². The minimum absolute atomic E-state index is 0.0265. The van der Waals surface area contributed by atoms with Crippen LogP contribution in [0.1, 0.15) is 24.2 Å². The molecule has 0 spiro atoms. The number of carbonyl (C=O) groups excluding carboxylic acids is 2. The summed E-state index contributed by atoms with van der Waals surface area (Å²) in [4.78, 5) is 24.4. The number of nitrogens with two attached hydrogens (primary N) is 2. The third-order valence-corrected chi connectivity index (χ3v) is 2.88. The van der Waals surface area contributed by atoms with Gasteiger partial charge in [-0.25, -0.2) is 4.39 Å². The minimum Gasteiger partial charge on any atom is -0.398 e. The van der Waals surface area contributed by atoms with Crippen LogP contribution in [-0.4, -0.2) is 32.0 Å². The fourth-order valence-corrected chi connectivity index (χ4v) is 1.76. The molecule has 7 heteroatoms. The molecule has 0 aliphatic rings. The number of likely N-dealkylation sites (N-methyl/N-ethyl adjacent to an activating group) is 1. The number of hydrogen-bond donors (Lipinski definition) is 3. The van der Waals surface area contributed by atoms with Crippen molar-refractivity contribution in [3.8, 4) is 0 Å². The Morgan fingerprint density at radius 1 is 1.38 bits per heavy atom. The second-order valence-corrected chi connectivity index (χ2v) is 5.31. The second kappa shape index (κ2) is 6.92. The predicted octanol–water partition coefficient (Wildman–Crippen LogP) is 0.715. The molecule has 1 aromatic carbocycles. The summed E-state index contributed by atoms with van der Waals surface area (Å²) in [6, 6.07) is 2.28. The van der Waals surface area contributed by atoms with E-state index in [1.165, 1.54) is 11.0 Å². The number of primary amides is 1. The number of halogens is 1. The van der Waals surface area contributed by atoms with Crippen LogP contribution >= 0.6 is 0 Å². The molecule has 0 unspecified atom stereocenters. The standard InChI is InChI=1S/C14H21FN4O2/c1-8(2)6-18-13(20)7-19(3)12-4-9(14(17)21)11(16)5-10(12)15/h4-5,8H,6-7,16H2,1-3H3,(H2,17,21)(H,18,20). The molecule has 0 atom stereocenters. The average molecular weight is 296 g/mol. The van der Waals surface area contributed by atoms with Crippen LogP contribution in [0.4, 0.5) is 15.8 Å². The van der Waals surface area contributed by atoms with Gasteiger partial charge in [-0.3, -0.25) is 9.59 Å². The highest BCUT2D eigenvalue weighted by Crippen LogP contribution is 2.24. The van der Waals surface area contributed by atoms with Gasteiger partial charge in [0.1, 0.15) is 5.82 Å². The van der Waals surface area contributed by atoms with Gasteiger partial charge in [-0.1, -0.05) is 13.8 Å². The van der Waals surface area contributed by atoms with Crippen LogP contribution in [-0.2, 0) is 4.79 Å². The van der Waals surface area contributed by atoms with Crippen LogP contribution in [0.2, 0.25) is 0 Å². The Morgan fingerprint density at radius 3 is 2.52 bits per heavy atom. The molecule has 0 saturated carbocycles. The van der Waals surface area contributed by atoms with Crippen LogP contribution in [0, 0.1) is 11.7 Å². The molecule has 0 aliphatic heterocycles. The summed E-state index contributed by atoms with van der Waals surface area (Å²) >= 11 is 0. The van der Waals surface area contributed by atoms with Crippen molar-refractivity contribution < 1.29 is 14.0 Å². The third-order valence-electron chi connectivity index (χ3n) is 2.88. The monoisotopic (exact) mass is 296 g/mol. The zero-order valence-electron chi connectivity index (χ0n) is 12.4. The quantitative estimate of drug-likeness (QED) is 0.673. The SMILES string of the molecule is CC(C)CNC(=O)CN(C)c1cc(C(N)=O)c(N)cc1F. The molecular formula is C14H21FN4O2. The van der Waals surface area contributed by atoms with E-state index in [1.54, 1.807) is 7.05 Å². The van der Waals surface area contributed by atoms with Crippen LogP contribution in [0.5, 0.6) is 0 Å². The van der Waals surface area contributed by atoms with Gasteiger partial charge in [0.15, 0.2) is 0 Å². The summed E-state index contributed by atoms with van der Waals surface area (Å²) in [5.41, 5.74) is 10.8. The van der Waals surface area contributed by atoms with E-state index in [4.69, 9.17) is 11.5 Å². The molecule has 0 saturated heterocycles. The zero-order chi connectivity index (χ0) is 16.2. The Hall–Kier alpha value is -2.31. The second-order valence-electron chi connectivity index (χ2n) is 5.31. The van der Waals surface area contributed by atoms with Gasteiger partial charge < -0.3 is 21.7 Å². The van der Waals surface area contributed by atoms with E-state index in [9.17, 15) is 14.0 Å². The van der Waals surface area contributed by atoms with Crippen molar-refractivity contribution in [2.75, 3.05) is 30.8 Å². The van der Waals surface area contributed by atoms with E-state index < -0.39 is 11.7 Å². The molecule has 6 nitrogen and oxygen atoms in total. The summed E-state index contributed by atoms with van der Waals surface area (Å²) in [6.07, 6.45) is 0. The largest absolute Gasteiger partial charge is 0.398 e. The number of carbonyl (C=O) groups is 2. The fraction of sp³-hybridized carbons (Fsp3) is 0.429. The van der Waals surface area contributed by atoms with Crippen molar-refractivity contribution in [1.29, 1.82) is 0 Å². The first-order valence-corrected chi connectivity index (χ1v) is 6.59. The van der Waals surface area contributed by atoms with Crippen LogP contribution in [0.15, 0.2) is 12.1 Å². The molecule has 0 bridgehead atoms. The number of nitrogen functional groups attached to an aromatic ring is 1. The predicted molar refractivity (Wildman–Crippen MR) is 80.4 cm³/mol. The van der Waals surface area contributed by atoms with E-state index in [2.05, 4.69) is 5.32 Å². The third kappa shape index (κ3) is 4.62. The van der Waals surface area contributed by atoms with Gasteiger partial charge in [0.25, 0.3) is 5.91 Å². The normalized spacial score (nSPS) is 10.5. The molecule has 0 radical (unpaired) electrons. The highest BCUT2D eigenvalue weighted by molar-refractivity contribution is 5.99. The van der Waals surface area contributed by atoms with Crippen molar-refractivity contribution in [3.63, 3.8) is 0 Å². The molecule has 1 rings (SSSR count). The van der Waals surface area contributed by atoms with E-state index >= 15 is 0 Å². The number of nitrogens with one attached hydrogen (secondary N) is 1. The minimum atomic E-state index is -0.744. The maximum Gasteiger partial charge on any atom is 0.250 e. The first kappa shape index (κ1) is 16.7. The summed E-state index contributed by atoms with van der Waals surface area (Å²) in [7, 11) is 1.55. The van der Waals surface area contributed by atoms with E-state index in [-0.39, 0.29) is 29.4 Å². The van der Waals surface area contributed by atoms with E-state index in [0.717, 1.165) is 6.07 Å². The van der Waals surface area contributed by atoms with Gasteiger partial charge in [-0.15, -0.1) is 0 Å². The van der Waals surface area contributed by atoms with E-state index in [0.29, 0.717) is 12.5 Å². The van der Waals surface area contributed by atoms with Crippen LogP contribution in [0.25, 0.3) is 0 Å². The lowest BCUT2D eigenvalue weighted by atomic mass is 10.1. The number of nitrogens with zero attached hydrogens (tertiary/aromatic N) is 1. The Labute approximate surface area is 123 Å². The average Bonchev–Trinajstić information content (AvgIpc) is 2.35. The number of anilines is 2. The van der Waals surface area contributed by atoms with Crippen molar-refractivity contribution >= 4 is 23.2 Å². The number of amides is 2. The van der Waals surface area contributed by atoms with Gasteiger partial charge in [-0.05, 0) is 18.1 Å². The van der Waals surface area contributed by atoms with Crippen molar-refractivity contribution in [3.05, 3.63) is 23.5 Å². The van der Waals surface area contributed by atoms with Gasteiger partial charge >= 0.3 is 0 Å².